The van der Waals surface area contributed by atoms with Gasteiger partial charge in [-0.2, -0.15) is 0 Å². The van der Waals surface area contributed by atoms with Gasteiger partial charge in [-0.15, -0.1) is 5.10 Å². The average molecular weight is 252 g/mol. The summed E-state index contributed by atoms with van der Waals surface area (Å²) in [6, 6.07) is 5.32. The molecule has 2 aromatic rings. The van der Waals surface area contributed by atoms with E-state index in [0.717, 1.165) is 11.3 Å². The molecule has 1 N–H and O–H groups in total. The van der Waals surface area contributed by atoms with Crippen molar-refractivity contribution in [3.63, 3.8) is 0 Å². The number of hydrogen-bond acceptors (Lipinski definition) is 3. The maximum atomic E-state index is 10.7. The SMILES string of the molecule is Cc1cc(Cl)ccc1-n1nncc1CC(=O)O. The van der Waals surface area contributed by atoms with Gasteiger partial charge in [0.25, 0.3) is 0 Å². The highest BCUT2D eigenvalue weighted by Crippen LogP contribution is 2.19. The number of halogens is 1. The van der Waals surface area contributed by atoms with Gasteiger partial charge in [-0.25, -0.2) is 4.68 Å². The highest BCUT2D eigenvalue weighted by Gasteiger charge is 2.11. The normalized spacial score (nSPS) is 10.5. The van der Waals surface area contributed by atoms with Crippen LogP contribution < -0.4 is 0 Å². The van der Waals surface area contributed by atoms with Gasteiger partial charge in [-0.3, -0.25) is 4.79 Å². The summed E-state index contributed by atoms with van der Waals surface area (Å²) in [5.41, 5.74) is 2.22. The van der Waals surface area contributed by atoms with Crippen molar-refractivity contribution in [1.29, 1.82) is 0 Å². The molecule has 0 saturated heterocycles. The lowest BCUT2D eigenvalue weighted by Gasteiger charge is -2.08. The summed E-state index contributed by atoms with van der Waals surface area (Å²) >= 11 is 5.86. The Balaban J connectivity index is 2.46. The van der Waals surface area contributed by atoms with E-state index in [1.165, 1.54) is 10.9 Å². The zero-order valence-corrected chi connectivity index (χ0v) is 9.85. The van der Waals surface area contributed by atoms with Crippen LogP contribution >= 0.6 is 11.6 Å². The number of aromatic nitrogens is 3. The lowest BCUT2D eigenvalue weighted by molar-refractivity contribution is -0.136. The second-order valence-electron chi connectivity index (χ2n) is 3.64. The van der Waals surface area contributed by atoms with Crippen LogP contribution in [-0.4, -0.2) is 26.1 Å². The number of carboxylic acids is 1. The van der Waals surface area contributed by atoms with Crippen LogP contribution in [0.1, 0.15) is 11.3 Å². The molecule has 0 spiro atoms. The standard InChI is InChI=1S/C11H10ClN3O2/c1-7-4-8(12)2-3-10(7)15-9(5-11(16)17)6-13-14-15/h2-4,6H,5H2,1H3,(H,16,17). The highest BCUT2D eigenvalue weighted by molar-refractivity contribution is 6.30. The average Bonchev–Trinajstić information content (AvgIpc) is 2.65. The number of carbonyl (C=O) groups is 1. The third-order valence-electron chi connectivity index (χ3n) is 2.34. The van der Waals surface area contributed by atoms with Crippen molar-refractivity contribution < 1.29 is 9.90 Å². The van der Waals surface area contributed by atoms with Gasteiger partial charge in [-0.05, 0) is 30.7 Å². The molecule has 0 bridgehead atoms. The summed E-state index contributed by atoms with van der Waals surface area (Å²) in [6.45, 7) is 1.88. The molecule has 0 amide bonds. The van der Waals surface area contributed by atoms with Crippen LogP contribution in [0.5, 0.6) is 0 Å². The predicted molar refractivity (Wildman–Crippen MR) is 62.4 cm³/mol. The van der Waals surface area contributed by atoms with Gasteiger partial charge >= 0.3 is 5.97 Å². The van der Waals surface area contributed by atoms with Crippen LogP contribution in [0.4, 0.5) is 0 Å². The minimum absolute atomic E-state index is 0.116. The van der Waals surface area contributed by atoms with Crippen molar-refractivity contribution >= 4 is 17.6 Å². The van der Waals surface area contributed by atoms with Gasteiger partial charge in [0.1, 0.15) is 0 Å². The third kappa shape index (κ3) is 2.45. The molecule has 0 atom stereocenters. The fourth-order valence-corrected chi connectivity index (χ4v) is 1.82. The Bertz CT molecular complexity index is 566. The van der Waals surface area contributed by atoms with E-state index in [-0.39, 0.29) is 6.42 Å². The van der Waals surface area contributed by atoms with Crippen molar-refractivity contribution in [2.75, 3.05) is 0 Å². The molecule has 0 aliphatic carbocycles. The monoisotopic (exact) mass is 251 g/mol. The molecule has 5 nitrogen and oxygen atoms in total. The summed E-state index contributed by atoms with van der Waals surface area (Å²) in [5, 5.41) is 17.0. The first-order valence-corrected chi connectivity index (χ1v) is 5.33. The molecule has 6 heteroatoms. The zero-order valence-electron chi connectivity index (χ0n) is 9.09. The molecule has 0 saturated carbocycles. The molecule has 17 heavy (non-hydrogen) atoms. The Morgan fingerprint density at radius 1 is 1.53 bits per heavy atom. The summed E-state index contributed by atoms with van der Waals surface area (Å²) < 4.78 is 1.51. The maximum Gasteiger partial charge on any atom is 0.309 e. The minimum Gasteiger partial charge on any atom is -0.481 e. The van der Waals surface area contributed by atoms with Crippen molar-refractivity contribution in [2.45, 2.75) is 13.3 Å². The first-order valence-electron chi connectivity index (χ1n) is 4.96. The summed E-state index contributed by atoms with van der Waals surface area (Å²) in [7, 11) is 0. The van der Waals surface area contributed by atoms with Gasteiger partial charge in [-0.1, -0.05) is 16.8 Å². The van der Waals surface area contributed by atoms with E-state index >= 15 is 0 Å². The van der Waals surface area contributed by atoms with E-state index in [1.54, 1.807) is 18.2 Å². The van der Waals surface area contributed by atoms with Gasteiger partial charge < -0.3 is 5.11 Å². The molecular weight excluding hydrogens is 242 g/mol. The lowest BCUT2D eigenvalue weighted by atomic mass is 10.2. The van der Waals surface area contributed by atoms with Crippen LogP contribution in [0, 0.1) is 6.92 Å². The Hall–Kier alpha value is -1.88. The number of nitrogens with zero attached hydrogens (tertiary/aromatic N) is 3. The first-order chi connectivity index (χ1) is 8.08. The number of aliphatic carboxylic acids is 1. The summed E-state index contributed by atoms with van der Waals surface area (Å²) in [6.07, 6.45) is 1.33. The molecule has 0 radical (unpaired) electrons. The number of hydrogen-bond donors (Lipinski definition) is 1. The van der Waals surface area contributed by atoms with Crippen molar-refractivity contribution in [3.05, 3.63) is 40.7 Å². The van der Waals surface area contributed by atoms with Crippen LogP contribution in [0.15, 0.2) is 24.4 Å². The van der Waals surface area contributed by atoms with Crippen LogP contribution in [-0.2, 0) is 11.2 Å². The van der Waals surface area contributed by atoms with E-state index in [0.29, 0.717) is 10.7 Å². The molecule has 0 fully saturated rings. The largest absolute Gasteiger partial charge is 0.481 e. The lowest BCUT2D eigenvalue weighted by Crippen LogP contribution is -2.09. The van der Waals surface area contributed by atoms with Gasteiger partial charge in [0.2, 0.25) is 0 Å². The van der Waals surface area contributed by atoms with Gasteiger partial charge in [0, 0.05) is 5.02 Å². The molecule has 0 unspecified atom stereocenters. The van der Waals surface area contributed by atoms with Crippen LogP contribution in [0.3, 0.4) is 0 Å². The molecule has 88 valence electrons. The van der Waals surface area contributed by atoms with Crippen molar-refractivity contribution in [1.82, 2.24) is 15.0 Å². The smallest absolute Gasteiger partial charge is 0.309 e. The third-order valence-corrected chi connectivity index (χ3v) is 2.57. The Morgan fingerprint density at radius 2 is 2.29 bits per heavy atom. The van der Waals surface area contributed by atoms with E-state index < -0.39 is 5.97 Å². The summed E-state index contributed by atoms with van der Waals surface area (Å²) in [4.78, 5) is 10.7. The van der Waals surface area contributed by atoms with E-state index in [2.05, 4.69) is 10.3 Å². The quantitative estimate of drug-likeness (QED) is 0.904. The Kier molecular flexibility index (Phi) is 3.10. The molecule has 2 rings (SSSR count). The van der Waals surface area contributed by atoms with E-state index in [4.69, 9.17) is 16.7 Å². The maximum absolute atomic E-state index is 10.7. The van der Waals surface area contributed by atoms with Gasteiger partial charge in [0.05, 0.1) is 24.0 Å². The van der Waals surface area contributed by atoms with E-state index in [1.807, 2.05) is 6.92 Å². The van der Waals surface area contributed by atoms with Gasteiger partial charge in [0.15, 0.2) is 0 Å². The number of rotatable bonds is 3. The van der Waals surface area contributed by atoms with Crippen molar-refractivity contribution in [2.24, 2.45) is 0 Å². The van der Waals surface area contributed by atoms with Crippen LogP contribution in [0.25, 0.3) is 5.69 Å². The Morgan fingerprint density at radius 3 is 2.94 bits per heavy atom. The number of carboxylic acid groups (broad SMARTS) is 1. The molecule has 1 aromatic carbocycles. The zero-order chi connectivity index (χ0) is 12.4. The molecule has 0 aliphatic rings. The Labute approximate surface area is 103 Å². The number of benzene rings is 1. The molecule has 1 heterocycles. The highest BCUT2D eigenvalue weighted by atomic mass is 35.5. The fraction of sp³-hybridized carbons (Fsp3) is 0.182. The fourth-order valence-electron chi connectivity index (χ4n) is 1.59. The molecular formula is C11H10ClN3O2. The van der Waals surface area contributed by atoms with Crippen molar-refractivity contribution in [3.8, 4) is 5.69 Å². The second kappa shape index (κ2) is 4.55. The van der Waals surface area contributed by atoms with Crippen LogP contribution in [0.2, 0.25) is 5.02 Å². The number of aryl methyl sites for hydroxylation is 1. The minimum atomic E-state index is -0.917. The summed E-state index contributed by atoms with van der Waals surface area (Å²) in [5.74, 6) is -0.917. The predicted octanol–water partition coefficient (Wildman–Crippen LogP) is 1.86. The van der Waals surface area contributed by atoms with E-state index in [9.17, 15) is 4.79 Å². The first kappa shape index (κ1) is 11.6. The molecule has 0 aliphatic heterocycles. The second-order valence-corrected chi connectivity index (χ2v) is 4.07. The topological polar surface area (TPSA) is 68.0 Å². The molecule has 1 aromatic heterocycles.